The number of fused-ring (bicyclic) bond motifs is 1. The molecule has 0 spiro atoms. The van der Waals surface area contributed by atoms with Crippen LogP contribution in [0.25, 0.3) is 10.1 Å². The van der Waals surface area contributed by atoms with Gasteiger partial charge in [0.2, 0.25) is 0 Å². The Hall–Kier alpha value is -2.82. The van der Waals surface area contributed by atoms with Crippen molar-refractivity contribution in [3.63, 3.8) is 0 Å². The first-order valence-corrected chi connectivity index (χ1v) is 11.2. The lowest BCUT2D eigenvalue weighted by Gasteiger charge is -2.22. The first-order chi connectivity index (χ1) is 14.7. The van der Waals surface area contributed by atoms with Crippen molar-refractivity contribution in [1.82, 2.24) is 0 Å². The second kappa shape index (κ2) is 8.13. The molecule has 1 aliphatic rings. The summed E-state index contributed by atoms with van der Waals surface area (Å²) in [4.78, 5) is 0.950. The van der Waals surface area contributed by atoms with Gasteiger partial charge >= 0.3 is 0 Å². The van der Waals surface area contributed by atoms with Gasteiger partial charge in [-0.15, -0.1) is 11.3 Å². The van der Waals surface area contributed by atoms with Gasteiger partial charge in [0.15, 0.2) is 5.75 Å². The van der Waals surface area contributed by atoms with Crippen LogP contribution in [-0.2, 0) is 12.2 Å². The quantitative estimate of drug-likeness (QED) is 0.366. The van der Waals surface area contributed by atoms with E-state index in [4.69, 9.17) is 9.47 Å². The molecule has 1 aromatic heterocycles. The molecule has 3 nitrogen and oxygen atoms in total. The van der Waals surface area contributed by atoms with Gasteiger partial charge in [0, 0.05) is 10.1 Å². The van der Waals surface area contributed by atoms with Gasteiger partial charge in [0.05, 0.1) is 4.88 Å². The topological polar surface area (TPSA) is 38.7 Å². The van der Waals surface area contributed by atoms with E-state index in [0.29, 0.717) is 6.61 Å². The summed E-state index contributed by atoms with van der Waals surface area (Å²) in [6, 6.07) is 26.0. The summed E-state index contributed by atoms with van der Waals surface area (Å²) in [6.07, 6.45) is 3.69. The fourth-order valence-electron chi connectivity index (χ4n) is 4.08. The molecule has 0 amide bonds. The van der Waals surface area contributed by atoms with Crippen molar-refractivity contribution < 1.29 is 14.6 Å². The highest BCUT2D eigenvalue weighted by atomic mass is 32.1. The average Bonchev–Trinajstić information content (AvgIpc) is 3.39. The van der Waals surface area contributed by atoms with Crippen molar-refractivity contribution in [3.8, 4) is 17.2 Å². The zero-order valence-electron chi connectivity index (χ0n) is 16.7. The predicted molar refractivity (Wildman–Crippen MR) is 121 cm³/mol. The van der Waals surface area contributed by atoms with Crippen LogP contribution in [0.5, 0.6) is 17.2 Å². The molecule has 5 rings (SSSR count). The van der Waals surface area contributed by atoms with E-state index in [1.165, 1.54) is 0 Å². The molecule has 1 saturated carbocycles. The largest absolute Gasteiger partial charge is 0.489 e. The SMILES string of the molecule is OC1(c2sc3ccccc3c2Oc2ccc(OCc3ccccc3)cc2)CCCC1. The summed E-state index contributed by atoms with van der Waals surface area (Å²) in [6.45, 7) is 0.535. The maximum absolute atomic E-state index is 11.3. The van der Waals surface area contributed by atoms with Crippen molar-refractivity contribution in [2.24, 2.45) is 0 Å². The van der Waals surface area contributed by atoms with Gasteiger partial charge in [-0.05, 0) is 54.8 Å². The number of benzene rings is 3. The highest BCUT2D eigenvalue weighted by Crippen LogP contribution is 2.50. The molecule has 0 radical (unpaired) electrons. The molecule has 0 bridgehead atoms. The van der Waals surface area contributed by atoms with Crippen LogP contribution in [0.2, 0.25) is 0 Å². The zero-order valence-corrected chi connectivity index (χ0v) is 17.5. The van der Waals surface area contributed by atoms with Crippen LogP contribution in [0.3, 0.4) is 0 Å². The number of rotatable bonds is 6. The van der Waals surface area contributed by atoms with Crippen LogP contribution in [-0.4, -0.2) is 5.11 Å². The third-order valence-corrected chi connectivity index (χ3v) is 7.04. The maximum atomic E-state index is 11.3. The Morgan fingerprint density at radius 3 is 2.23 bits per heavy atom. The fourth-order valence-corrected chi connectivity index (χ4v) is 5.35. The van der Waals surface area contributed by atoms with Gasteiger partial charge in [0.25, 0.3) is 0 Å². The van der Waals surface area contributed by atoms with Crippen molar-refractivity contribution in [2.45, 2.75) is 37.9 Å². The molecule has 4 aromatic rings. The van der Waals surface area contributed by atoms with E-state index >= 15 is 0 Å². The van der Waals surface area contributed by atoms with E-state index in [0.717, 1.165) is 63.5 Å². The van der Waals surface area contributed by atoms with Crippen LogP contribution >= 0.6 is 11.3 Å². The minimum atomic E-state index is -0.780. The lowest BCUT2D eigenvalue weighted by atomic mass is 9.99. The fraction of sp³-hybridized carbons (Fsp3) is 0.231. The maximum Gasteiger partial charge on any atom is 0.152 e. The van der Waals surface area contributed by atoms with Crippen LogP contribution < -0.4 is 9.47 Å². The summed E-state index contributed by atoms with van der Waals surface area (Å²) < 4.78 is 13.4. The predicted octanol–water partition coefficient (Wildman–Crippen LogP) is 7.03. The van der Waals surface area contributed by atoms with Crippen LogP contribution in [0.4, 0.5) is 0 Å². The zero-order chi connectivity index (χ0) is 20.4. The molecular formula is C26H24O3S. The summed E-state index contributed by atoms with van der Waals surface area (Å²) in [7, 11) is 0. The summed E-state index contributed by atoms with van der Waals surface area (Å²) in [5.74, 6) is 2.34. The number of thiophene rings is 1. The highest BCUT2D eigenvalue weighted by molar-refractivity contribution is 7.19. The van der Waals surface area contributed by atoms with Gasteiger partial charge in [-0.3, -0.25) is 0 Å². The van der Waals surface area contributed by atoms with Crippen molar-refractivity contribution in [3.05, 3.63) is 89.3 Å². The van der Waals surface area contributed by atoms with Gasteiger partial charge in [0.1, 0.15) is 23.7 Å². The Labute approximate surface area is 180 Å². The van der Waals surface area contributed by atoms with E-state index in [1.807, 2.05) is 54.6 Å². The molecule has 1 heterocycles. The Kier molecular flexibility index (Phi) is 5.19. The number of ether oxygens (including phenoxy) is 2. The van der Waals surface area contributed by atoms with E-state index in [1.54, 1.807) is 11.3 Å². The lowest BCUT2D eigenvalue weighted by Crippen LogP contribution is -2.19. The minimum absolute atomic E-state index is 0.535. The molecule has 0 atom stereocenters. The molecular weight excluding hydrogens is 392 g/mol. The molecule has 1 N–H and O–H groups in total. The molecule has 4 heteroatoms. The summed E-state index contributed by atoms with van der Waals surface area (Å²) >= 11 is 1.65. The Balaban J connectivity index is 1.39. The van der Waals surface area contributed by atoms with Crippen molar-refractivity contribution in [2.75, 3.05) is 0 Å². The number of hydrogen-bond donors (Lipinski definition) is 1. The van der Waals surface area contributed by atoms with E-state index in [2.05, 4.69) is 24.3 Å². The second-order valence-electron chi connectivity index (χ2n) is 7.84. The van der Waals surface area contributed by atoms with Crippen molar-refractivity contribution >= 4 is 21.4 Å². The molecule has 1 fully saturated rings. The van der Waals surface area contributed by atoms with Gasteiger partial charge < -0.3 is 14.6 Å². The number of aliphatic hydroxyl groups is 1. The molecule has 152 valence electrons. The molecule has 1 aliphatic carbocycles. The van der Waals surface area contributed by atoms with E-state index < -0.39 is 5.60 Å². The molecule has 30 heavy (non-hydrogen) atoms. The Morgan fingerprint density at radius 1 is 0.800 bits per heavy atom. The van der Waals surface area contributed by atoms with E-state index in [9.17, 15) is 5.11 Å². The summed E-state index contributed by atoms with van der Waals surface area (Å²) in [5.41, 5.74) is 0.356. The van der Waals surface area contributed by atoms with Gasteiger partial charge in [-0.2, -0.15) is 0 Å². The normalized spacial score (nSPS) is 15.4. The first-order valence-electron chi connectivity index (χ1n) is 10.4. The summed E-state index contributed by atoms with van der Waals surface area (Å²) in [5, 5.41) is 12.3. The van der Waals surface area contributed by atoms with E-state index in [-0.39, 0.29) is 0 Å². The number of hydrogen-bond acceptors (Lipinski definition) is 4. The molecule has 0 aliphatic heterocycles. The third kappa shape index (κ3) is 3.81. The molecule has 3 aromatic carbocycles. The minimum Gasteiger partial charge on any atom is -0.489 e. The smallest absolute Gasteiger partial charge is 0.152 e. The second-order valence-corrected chi connectivity index (χ2v) is 8.90. The highest BCUT2D eigenvalue weighted by Gasteiger charge is 2.38. The van der Waals surface area contributed by atoms with Crippen molar-refractivity contribution in [1.29, 1.82) is 0 Å². The standard InChI is InChI=1S/C26H24O3S/c27-26(16-6-7-17-26)25-24(22-10-4-5-11-23(22)30-25)29-21-14-12-20(13-15-21)28-18-19-8-2-1-3-9-19/h1-5,8-15,27H,6-7,16-18H2. The Morgan fingerprint density at radius 2 is 1.47 bits per heavy atom. The van der Waals surface area contributed by atoms with Gasteiger partial charge in [-0.1, -0.05) is 55.3 Å². The monoisotopic (exact) mass is 416 g/mol. The Bertz CT molecular complexity index is 1130. The van der Waals surface area contributed by atoms with Crippen LogP contribution in [0, 0.1) is 0 Å². The van der Waals surface area contributed by atoms with Gasteiger partial charge in [-0.25, -0.2) is 0 Å². The van der Waals surface area contributed by atoms with Crippen LogP contribution in [0.15, 0.2) is 78.9 Å². The van der Waals surface area contributed by atoms with Crippen LogP contribution in [0.1, 0.15) is 36.1 Å². The lowest BCUT2D eigenvalue weighted by molar-refractivity contribution is 0.0466. The first kappa shape index (κ1) is 19.2. The third-order valence-electron chi connectivity index (χ3n) is 5.70. The molecule has 0 unspecified atom stereocenters. The molecule has 0 saturated heterocycles. The average molecular weight is 417 g/mol.